The van der Waals surface area contributed by atoms with Crippen molar-refractivity contribution in [1.29, 1.82) is 0 Å². The summed E-state index contributed by atoms with van der Waals surface area (Å²) in [4.78, 5) is 24.1. The molecule has 4 nitrogen and oxygen atoms in total. The molecule has 2 rings (SSSR count). The van der Waals surface area contributed by atoms with Gasteiger partial charge in [0.1, 0.15) is 5.82 Å². The van der Waals surface area contributed by atoms with Crippen molar-refractivity contribution in [2.75, 3.05) is 5.32 Å². The molecular weight excluding hydrogens is 354 g/mol. The zero-order valence-electron chi connectivity index (χ0n) is 13.9. The molecule has 0 aromatic heterocycles. The number of esters is 1. The fourth-order valence-corrected chi connectivity index (χ4v) is 2.08. The van der Waals surface area contributed by atoms with Crippen LogP contribution in [0.5, 0.6) is 0 Å². The lowest BCUT2D eigenvalue weighted by molar-refractivity contribution is -0.137. The first kappa shape index (κ1) is 19.4. The summed E-state index contributed by atoms with van der Waals surface area (Å²) >= 11 is 0. The highest BCUT2D eigenvalue weighted by molar-refractivity contribution is 5.97. The lowest BCUT2D eigenvalue weighted by atomic mass is 10.1. The Morgan fingerprint density at radius 2 is 1.69 bits per heavy atom. The van der Waals surface area contributed by atoms with Gasteiger partial charge in [-0.15, -0.1) is 0 Å². The van der Waals surface area contributed by atoms with Crippen LogP contribution in [0.15, 0.2) is 42.5 Å². The Morgan fingerprint density at radius 1 is 1.08 bits per heavy atom. The standard InChI is InChI=1S/C18H15F4NO3/c1-10-3-6-13(19)9-15(10)17(25)26-11(2)16(24)23-14-7-4-12(5-8-14)18(20,21)22/h3-9,11H,1-2H3,(H,23,24). The average molecular weight is 369 g/mol. The van der Waals surface area contributed by atoms with Crippen LogP contribution in [0.4, 0.5) is 23.2 Å². The topological polar surface area (TPSA) is 55.4 Å². The van der Waals surface area contributed by atoms with Crippen molar-refractivity contribution in [2.24, 2.45) is 0 Å². The highest BCUT2D eigenvalue weighted by atomic mass is 19.4. The molecule has 0 saturated heterocycles. The molecule has 1 unspecified atom stereocenters. The van der Waals surface area contributed by atoms with Crippen LogP contribution >= 0.6 is 0 Å². The monoisotopic (exact) mass is 369 g/mol. The Hall–Kier alpha value is -2.90. The number of rotatable bonds is 4. The summed E-state index contributed by atoms with van der Waals surface area (Å²) in [7, 11) is 0. The molecule has 0 spiro atoms. The molecule has 0 heterocycles. The highest BCUT2D eigenvalue weighted by Gasteiger charge is 2.30. The first-order valence-corrected chi connectivity index (χ1v) is 7.53. The number of hydrogen-bond acceptors (Lipinski definition) is 3. The largest absolute Gasteiger partial charge is 0.449 e. The Bertz CT molecular complexity index is 816. The Morgan fingerprint density at radius 3 is 2.27 bits per heavy atom. The quantitative estimate of drug-likeness (QED) is 0.644. The van der Waals surface area contributed by atoms with Crippen molar-refractivity contribution in [1.82, 2.24) is 0 Å². The number of hydrogen-bond donors (Lipinski definition) is 1. The minimum absolute atomic E-state index is 0.0146. The predicted octanol–water partition coefficient (Wildman–Crippen LogP) is 4.34. The van der Waals surface area contributed by atoms with Gasteiger partial charge in [-0.25, -0.2) is 9.18 Å². The number of amides is 1. The average Bonchev–Trinajstić information content (AvgIpc) is 2.56. The summed E-state index contributed by atoms with van der Waals surface area (Å²) in [6.45, 7) is 2.88. The van der Waals surface area contributed by atoms with Gasteiger partial charge in [0, 0.05) is 5.69 Å². The van der Waals surface area contributed by atoms with Gasteiger partial charge in [-0.3, -0.25) is 4.79 Å². The molecule has 0 aliphatic carbocycles. The van der Waals surface area contributed by atoms with Crippen LogP contribution in [0.1, 0.15) is 28.4 Å². The summed E-state index contributed by atoms with van der Waals surface area (Å²) in [6.07, 6.45) is -5.71. The van der Waals surface area contributed by atoms with E-state index in [0.717, 1.165) is 30.3 Å². The summed E-state index contributed by atoms with van der Waals surface area (Å²) in [5.41, 5.74) is -0.268. The summed E-state index contributed by atoms with van der Waals surface area (Å²) < 4.78 is 55.7. The Labute approximate surface area is 146 Å². The molecule has 0 bridgehead atoms. The zero-order chi connectivity index (χ0) is 19.5. The van der Waals surface area contributed by atoms with E-state index in [9.17, 15) is 27.2 Å². The van der Waals surface area contributed by atoms with Gasteiger partial charge in [0.25, 0.3) is 5.91 Å². The third kappa shape index (κ3) is 4.81. The van der Waals surface area contributed by atoms with Gasteiger partial charge < -0.3 is 10.1 Å². The van der Waals surface area contributed by atoms with Crippen molar-refractivity contribution in [2.45, 2.75) is 26.1 Å². The molecular formula is C18H15F4NO3. The molecule has 1 atom stereocenters. The summed E-state index contributed by atoms with van der Waals surface area (Å²) in [5.74, 6) is -2.23. The molecule has 0 saturated carbocycles. The second-order valence-corrected chi connectivity index (χ2v) is 5.57. The fourth-order valence-electron chi connectivity index (χ4n) is 2.08. The van der Waals surface area contributed by atoms with E-state index in [4.69, 9.17) is 4.74 Å². The van der Waals surface area contributed by atoms with E-state index in [-0.39, 0.29) is 11.3 Å². The van der Waals surface area contributed by atoms with Gasteiger partial charge in [0.05, 0.1) is 11.1 Å². The number of benzene rings is 2. The van der Waals surface area contributed by atoms with E-state index in [1.54, 1.807) is 6.92 Å². The van der Waals surface area contributed by atoms with E-state index in [2.05, 4.69) is 5.32 Å². The second-order valence-electron chi connectivity index (χ2n) is 5.57. The van der Waals surface area contributed by atoms with Crippen LogP contribution < -0.4 is 5.32 Å². The van der Waals surface area contributed by atoms with Crippen molar-refractivity contribution in [3.63, 3.8) is 0 Å². The third-order valence-corrected chi connectivity index (χ3v) is 3.55. The van der Waals surface area contributed by atoms with Crippen LogP contribution in [-0.4, -0.2) is 18.0 Å². The normalized spacial score (nSPS) is 12.4. The van der Waals surface area contributed by atoms with Crippen LogP contribution in [0.25, 0.3) is 0 Å². The number of anilines is 1. The first-order valence-electron chi connectivity index (χ1n) is 7.53. The number of nitrogens with one attached hydrogen (secondary N) is 1. The highest BCUT2D eigenvalue weighted by Crippen LogP contribution is 2.29. The van der Waals surface area contributed by atoms with Gasteiger partial charge >= 0.3 is 12.1 Å². The number of alkyl halides is 3. The van der Waals surface area contributed by atoms with Gasteiger partial charge in [-0.05, 0) is 55.8 Å². The van der Waals surface area contributed by atoms with Crippen LogP contribution in [0.3, 0.4) is 0 Å². The van der Waals surface area contributed by atoms with E-state index in [1.807, 2.05) is 0 Å². The van der Waals surface area contributed by atoms with E-state index < -0.39 is 35.5 Å². The van der Waals surface area contributed by atoms with E-state index in [0.29, 0.717) is 5.56 Å². The molecule has 0 radical (unpaired) electrons. The van der Waals surface area contributed by atoms with Crippen LogP contribution in [0.2, 0.25) is 0 Å². The Balaban J connectivity index is 2.01. The molecule has 8 heteroatoms. The maximum absolute atomic E-state index is 13.2. The number of ether oxygens (including phenoxy) is 1. The van der Waals surface area contributed by atoms with Crippen molar-refractivity contribution >= 4 is 17.6 Å². The molecule has 0 aliphatic rings. The van der Waals surface area contributed by atoms with E-state index >= 15 is 0 Å². The maximum Gasteiger partial charge on any atom is 0.416 e. The molecule has 2 aromatic rings. The molecule has 1 N–H and O–H groups in total. The van der Waals surface area contributed by atoms with Gasteiger partial charge in [-0.2, -0.15) is 13.2 Å². The lowest BCUT2D eigenvalue weighted by Gasteiger charge is -2.15. The minimum Gasteiger partial charge on any atom is -0.449 e. The van der Waals surface area contributed by atoms with Gasteiger partial charge in [0.15, 0.2) is 6.10 Å². The third-order valence-electron chi connectivity index (χ3n) is 3.55. The second kappa shape index (κ2) is 7.55. The number of aryl methyl sites for hydroxylation is 1. The summed E-state index contributed by atoms with van der Waals surface area (Å²) in [5, 5.41) is 2.35. The van der Waals surface area contributed by atoms with Crippen molar-refractivity contribution in [3.8, 4) is 0 Å². The number of carbonyl (C=O) groups is 2. The summed E-state index contributed by atoms with van der Waals surface area (Å²) in [6, 6.07) is 7.41. The zero-order valence-corrected chi connectivity index (χ0v) is 13.9. The van der Waals surface area contributed by atoms with E-state index in [1.165, 1.54) is 19.1 Å². The van der Waals surface area contributed by atoms with Crippen molar-refractivity contribution in [3.05, 3.63) is 65.0 Å². The minimum atomic E-state index is -4.48. The maximum atomic E-state index is 13.2. The number of carbonyl (C=O) groups excluding carboxylic acids is 2. The number of halogens is 4. The molecule has 26 heavy (non-hydrogen) atoms. The molecule has 1 amide bonds. The molecule has 0 aliphatic heterocycles. The van der Waals surface area contributed by atoms with Crippen LogP contribution in [0, 0.1) is 12.7 Å². The molecule has 138 valence electrons. The van der Waals surface area contributed by atoms with Crippen molar-refractivity contribution < 1.29 is 31.9 Å². The fraction of sp³-hybridized carbons (Fsp3) is 0.222. The molecule has 0 fully saturated rings. The predicted molar refractivity (Wildman–Crippen MR) is 86.1 cm³/mol. The smallest absolute Gasteiger partial charge is 0.416 e. The molecule has 2 aromatic carbocycles. The lowest BCUT2D eigenvalue weighted by Crippen LogP contribution is -2.30. The first-order chi connectivity index (χ1) is 12.1. The van der Waals surface area contributed by atoms with Crippen LogP contribution in [-0.2, 0) is 15.7 Å². The van der Waals surface area contributed by atoms with Gasteiger partial charge in [0.2, 0.25) is 0 Å². The van der Waals surface area contributed by atoms with Gasteiger partial charge in [-0.1, -0.05) is 6.07 Å². The Kier molecular flexibility index (Phi) is 5.64. The SMILES string of the molecule is Cc1ccc(F)cc1C(=O)OC(C)C(=O)Nc1ccc(C(F)(F)F)cc1.